The molecule has 4 nitrogen and oxygen atoms in total. The zero-order valence-corrected chi connectivity index (χ0v) is 13.5. The number of ether oxygens (including phenoxy) is 1. The SMILES string of the molecule is CCCNCCNC(=O)C(Oc1ccccc1)c1ccccc1. The van der Waals surface area contributed by atoms with Crippen molar-refractivity contribution < 1.29 is 9.53 Å². The molecule has 0 aliphatic carbocycles. The van der Waals surface area contributed by atoms with Crippen molar-refractivity contribution in [1.82, 2.24) is 10.6 Å². The highest BCUT2D eigenvalue weighted by Crippen LogP contribution is 2.21. The molecule has 0 aliphatic heterocycles. The van der Waals surface area contributed by atoms with Gasteiger partial charge in [0.15, 0.2) is 0 Å². The van der Waals surface area contributed by atoms with Crippen LogP contribution in [-0.4, -0.2) is 25.5 Å². The number of para-hydroxylation sites is 1. The normalized spacial score (nSPS) is 11.7. The van der Waals surface area contributed by atoms with Crippen molar-refractivity contribution in [2.75, 3.05) is 19.6 Å². The van der Waals surface area contributed by atoms with E-state index in [-0.39, 0.29) is 5.91 Å². The van der Waals surface area contributed by atoms with Gasteiger partial charge in [0.2, 0.25) is 6.10 Å². The molecule has 0 saturated carbocycles. The summed E-state index contributed by atoms with van der Waals surface area (Å²) in [4.78, 5) is 12.5. The molecule has 0 spiro atoms. The van der Waals surface area contributed by atoms with Gasteiger partial charge in [0.05, 0.1) is 0 Å². The highest BCUT2D eigenvalue weighted by Gasteiger charge is 2.22. The molecule has 0 bridgehead atoms. The number of benzene rings is 2. The van der Waals surface area contributed by atoms with Gasteiger partial charge in [-0.05, 0) is 25.1 Å². The molecule has 2 N–H and O–H groups in total. The van der Waals surface area contributed by atoms with Crippen molar-refractivity contribution in [3.05, 3.63) is 66.2 Å². The first-order valence-corrected chi connectivity index (χ1v) is 8.06. The van der Waals surface area contributed by atoms with Crippen molar-refractivity contribution in [2.45, 2.75) is 19.4 Å². The minimum absolute atomic E-state index is 0.127. The Bertz CT molecular complexity index is 572. The first-order chi connectivity index (χ1) is 11.3. The number of nitrogens with one attached hydrogen (secondary N) is 2. The van der Waals surface area contributed by atoms with E-state index in [2.05, 4.69) is 17.6 Å². The second-order valence-corrected chi connectivity index (χ2v) is 5.26. The first kappa shape index (κ1) is 17.0. The van der Waals surface area contributed by atoms with Crippen molar-refractivity contribution in [2.24, 2.45) is 0 Å². The van der Waals surface area contributed by atoms with Crippen LogP contribution in [0.4, 0.5) is 0 Å². The smallest absolute Gasteiger partial charge is 0.265 e. The van der Waals surface area contributed by atoms with Crippen LogP contribution in [0.15, 0.2) is 60.7 Å². The molecular weight excluding hydrogens is 288 g/mol. The second kappa shape index (κ2) is 9.64. The fourth-order valence-electron chi connectivity index (χ4n) is 2.20. The molecule has 2 aromatic rings. The minimum Gasteiger partial charge on any atom is -0.476 e. The van der Waals surface area contributed by atoms with E-state index in [4.69, 9.17) is 4.74 Å². The van der Waals surface area contributed by atoms with Gasteiger partial charge in [-0.15, -0.1) is 0 Å². The quantitative estimate of drug-likeness (QED) is 0.700. The maximum absolute atomic E-state index is 12.5. The molecule has 1 atom stereocenters. The van der Waals surface area contributed by atoms with Crippen LogP contribution in [0.1, 0.15) is 25.0 Å². The van der Waals surface area contributed by atoms with Gasteiger partial charge in [0, 0.05) is 18.7 Å². The molecule has 0 fully saturated rings. The fourth-order valence-corrected chi connectivity index (χ4v) is 2.20. The Balaban J connectivity index is 2.00. The molecule has 1 unspecified atom stereocenters. The fraction of sp³-hybridized carbons (Fsp3) is 0.316. The summed E-state index contributed by atoms with van der Waals surface area (Å²) in [5, 5.41) is 6.20. The van der Waals surface area contributed by atoms with Gasteiger partial charge in [-0.25, -0.2) is 0 Å². The number of carbonyl (C=O) groups is 1. The van der Waals surface area contributed by atoms with Gasteiger partial charge >= 0.3 is 0 Å². The van der Waals surface area contributed by atoms with Crippen LogP contribution in [0.5, 0.6) is 5.75 Å². The zero-order chi connectivity index (χ0) is 16.3. The molecule has 2 rings (SSSR count). The molecule has 23 heavy (non-hydrogen) atoms. The van der Waals surface area contributed by atoms with Gasteiger partial charge in [-0.3, -0.25) is 4.79 Å². The summed E-state index contributed by atoms with van der Waals surface area (Å²) >= 11 is 0. The molecule has 0 aliphatic rings. The summed E-state index contributed by atoms with van der Waals surface area (Å²) in [5.74, 6) is 0.555. The van der Waals surface area contributed by atoms with E-state index in [9.17, 15) is 4.79 Å². The Morgan fingerprint density at radius 2 is 1.61 bits per heavy atom. The monoisotopic (exact) mass is 312 g/mol. The summed E-state index contributed by atoms with van der Waals surface area (Å²) in [6, 6.07) is 19.0. The molecule has 122 valence electrons. The topological polar surface area (TPSA) is 50.4 Å². The summed E-state index contributed by atoms with van der Waals surface area (Å²) < 4.78 is 5.91. The third kappa shape index (κ3) is 5.75. The van der Waals surface area contributed by atoms with E-state index in [0.29, 0.717) is 12.3 Å². The predicted molar refractivity (Wildman–Crippen MR) is 92.4 cm³/mol. The second-order valence-electron chi connectivity index (χ2n) is 5.26. The number of amides is 1. The van der Waals surface area contributed by atoms with Gasteiger partial charge < -0.3 is 15.4 Å². The Morgan fingerprint density at radius 3 is 2.26 bits per heavy atom. The highest BCUT2D eigenvalue weighted by molar-refractivity contribution is 5.82. The zero-order valence-electron chi connectivity index (χ0n) is 13.5. The molecule has 0 saturated heterocycles. The van der Waals surface area contributed by atoms with E-state index in [0.717, 1.165) is 25.1 Å². The minimum atomic E-state index is -0.648. The van der Waals surface area contributed by atoms with Gasteiger partial charge in [0.1, 0.15) is 5.75 Å². The lowest BCUT2D eigenvalue weighted by molar-refractivity contribution is -0.128. The number of hydrogen-bond acceptors (Lipinski definition) is 3. The standard InChI is InChI=1S/C19H24N2O2/c1-2-13-20-14-15-21-19(22)18(16-9-5-3-6-10-16)23-17-11-7-4-8-12-17/h3-12,18,20H,2,13-15H2,1H3,(H,21,22). The van der Waals surface area contributed by atoms with Crippen molar-refractivity contribution in [1.29, 1.82) is 0 Å². The lowest BCUT2D eigenvalue weighted by Crippen LogP contribution is -2.37. The molecule has 2 aromatic carbocycles. The van der Waals surface area contributed by atoms with Crippen LogP contribution in [0, 0.1) is 0 Å². The summed E-state index contributed by atoms with van der Waals surface area (Å²) in [6.45, 7) is 4.41. The Hall–Kier alpha value is -2.33. The molecule has 4 heteroatoms. The Labute approximate surface area is 137 Å². The van der Waals surface area contributed by atoms with E-state index < -0.39 is 6.10 Å². The van der Waals surface area contributed by atoms with Crippen molar-refractivity contribution in [3.63, 3.8) is 0 Å². The molecule has 1 amide bonds. The van der Waals surface area contributed by atoms with Gasteiger partial charge in [-0.2, -0.15) is 0 Å². The van der Waals surface area contributed by atoms with E-state index in [1.165, 1.54) is 0 Å². The predicted octanol–water partition coefficient (Wildman–Crippen LogP) is 2.92. The lowest BCUT2D eigenvalue weighted by Gasteiger charge is -2.19. The number of carbonyl (C=O) groups excluding carboxylic acids is 1. The number of rotatable bonds is 9. The lowest BCUT2D eigenvalue weighted by atomic mass is 10.1. The maximum atomic E-state index is 12.5. The van der Waals surface area contributed by atoms with Crippen LogP contribution in [-0.2, 0) is 4.79 Å². The van der Waals surface area contributed by atoms with Gasteiger partial charge in [0.25, 0.3) is 5.91 Å². The van der Waals surface area contributed by atoms with E-state index in [1.807, 2.05) is 60.7 Å². The van der Waals surface area contributed by atoms with E-state index in [1.54, 1.807) is 0 Å². The van der Waals surface area contributed by atoms with Crippen molar-refractivity contribution >= 4 is 5.91 Å². The Morgan fingerprint density at radius 1 is 0.957 bits per heavy atom. The molecule has 0 heterocycles. The van der Waals surface area contributed by atoms with Crippen LogP contribution >= 0.6 is 0 Å². The third-order valence-corrected chi connectivity index (χ3v) is 3.37. The summed E-state index contributed by atoms with van der Waals surface area (Å²) in [6.07, 6.45) is 0.433. The summed E-state index contributed by atoms with van der Waals surface area (Å²) in [7, 11) is 0. The van der Waals surface area contributed by atoms with Crippen molar-refractivity contribution in [3.8, 4) is 5.75 Å². The third-order valence-electron chi connectivity index (χ3n) is 3.37. The van der Waals surface area contributed by atoms with Gasteiger partial charge in [-0.1, -0.05) is 55.5 Å². The van der Waals surface area contributed by atoms with Crippen LogP contribution < -0.4 is 15.4 Å². The van der Waals surface area contributed by atoms with Crippen LogP contribution in [0.2, 0.25) is 0 Å². The number of hydrogen-bond donors (Lipinski definition) is 2. The average Bonchev–Trinajstić information content (AvgIpc) is 2.61. The molecule has 0 radical (unpaired) electrons. The van der Waals surface area contributed by atoms with Crippen LogP contribution in [0.3, 0.4) is 0 Å². The maximum Gasteiger partial charge on any atom is 0.265 e. The molecular formula is C19H24N2O2. The highest BCUT2D eigenvalue weighted by atomic mass is 16.5. The largest absolute Gasteiger partial charge is 0.476 e. The van der Waals surface area contributed by atoms with Crippen LogP contribution in [0.25, 0.3) is 0 Å². The first-order valence-electron chi connectivity index (χ1n) is 8.06. The average molecular weight is 312 g/mol. The Kier molecular flexibility index (Phi) is 7.14. The molecule has 0 aromatic heterocycles. The van der Waals surface area contributed by atoms with E-state index >= 15 is 0 Å². The summed E-state index contributed by atoms with van der Waals surface area (Å²) in [5.41, 5.74) is 0.843.